The number of carbonyl (C=O) groups excluding carboxylic acids is 1. The van der Waals surface area contributed by atoms with Gasteiger partial charge < -0.3 is 14.6 Å². The fourth-order valence-electron chi connectivity index (χ4n) is 3.68. The topological polar surface area (TPSA) is 71.3 Å². The number of nitrogens with one attached hydrogen (secondary N) is 1. The number of benzene rings is 2. The minimum Gasteiger partial charge on any atom is -0.405 e. The molecule has 0 aliphatic carbocycles. The third-order valence-electron chi connectivity index (χ3n) is 5.35. The average molecular weight is 390 g/mol. The van der Waals surface area contributed by atoms with Gasteiger partial charge in [-0.2, -0.15) is 0 Å². The summed E-state index contributed by atoms with van der Waals surface area (Å²) in [5, 5.41) is 11.6. The second-order valence-electron chi connectivity index (χ2n) is 7.61. The number of rotatable bonds is 5. The maximum Gasteiger partial charge on any atom is 0.318 e. The van der Waals surface area contributed by atoms with Crippen molar-refractivity contribution >= 4 is 11.9 Å². The van der Waals surface area contributed by atoms with Gasteiger partial charge in [-0.05, 0) is 50.3 Å². The van der Waals surface area contributed by atoms with Gasteiger partial charge in [-0.1, -0.05) is 53.1 Å². The summed E-state index contributed by atoms with van der Waals surface area (Å²) in [5.74, 6) is 0.244. The third-order valence-corrected chi connectivity index (χ3v) is 5.35. The quantitative estimate of drug-likeness (QED) is 0.707. The summed E-state index contributed by atoms with van der Waals surface area (Å²) in [4.78, 5) is 15.2. The number of hydrogen-bond donors (Lipinski definition) is 1. The lowest BCUT2D eigenvalue weighted by atomic mass is 10.0. The Morgan fingerprint density at radius 3 is 2.55 bits per heavy atom. The van der Waals surface area contributed by atoms with Crippen LogP contribution in [0.1, 0.15) is 58.2 Å². The van der Waals surface area contributed by atoms with Gasteiger partial charge in [-0.15, -0.1) is 5.10 Å². The standard InChI is InChI=1S/C23H26N4O2/c1-16-11-12-17(2)19(15-16)21(28)24-20(18-9-5-3-6-10-18)22-25-26-23(29-22)27-13-7-4-8-14-27/h3,5-6,9-12,15,20H,4,7-8,13-14H2,1-2H3,(H,24,28)/t20-/m0/s1. The van der Waals surface area contributed by atoms with Gasteiger partial charge in [0.2, 0.25) is 5.89 Å². The summed E-state index contributed by atoms with van der Waals surface area (Å²) in [6, 6.07) is 15.6. The van der Waals surface area contributed by atoms with Gasteiger partial charge in [-0.3, -0.25) is 4.79 Å². The molecule has 1 saturated heterocycles. The monoisotopic (exact) mass is 390 g/mol. The van der Waals surface area contributed by atoms with Crippen LogP contribution in [0.4, 0.5) is 6.01 Å². The Morgan fingerprint density at radius 1 is 1.03 bits per heavy atom. The number of nitrogens with zero attached hydrogens (tertiary/aromatic N) is 3. The average Bonchev–Trinajstić information content (AvgIpc) is 3.25. The van der Waals surface area contributed by atoms with Gasteiger partial charge in [0.1, 0.15) is 6.04 Å². The molecule has 1 atom stereocenters. The second-order valence-corrected chi connectivity index (χ2v) is 7.61. The summed E-state index contributed by atoms with van der Waals surface area (Å²) in [6.45, 7) is 5.76. The highest BCUT2D eigenvalue weighted by Crippen LogP contribution is 2.26. The zero-order chi connectivity index (χ0) is 20.2. The first-order valence-corrected chi connectivity index (χ1v) is 10.1. The Morgan fingerprint density at radius 2 is 1.79 bits per heavy atom. The highest BCUT2D eigenvalue weighted by Gasteiger charge is 2.26. The third kappa shape index (κ3) is 4.31. The van der Waals surface area contributed by atoms with Gasteiger partial charge in [0.05, 0.1) is 0 Å². The molecule has 0 unspecified atom stereocenters. The zero-order valence-corrected chi connectivity index (χ0v) is 16.9. The van der Waals surface area contributed by atoms with Crippen LogP contribution < -0.4 is 10.2 Å². The van der Waals surface area contributed by atoms with Crippen molar-refractivity contribution in [3.05, 3.63) is 76.7 Å². The lowest BCUT2D eigenvalue weighted by Gasteiger charge is -2.24. The summed E-state index contributed by atoms with van der Waals surface area (Å²) in [5.41, 5.74) is 3.53. The van der Waals surface area contributed by atoms with Crippen molar-refractivity contribution in [3.63, 3.8) is 0 Å². The van der Waals surface area contributed by atoms with E-state index in [0.29, 0.717) is 17.5 Å². The van der Waals surface area contributed by atoms with Gasteiger partial charge in [0, 0.05) is 18.7 Å². The Balaban J connectivity index is 1.63. The number of anilines is 1. The Hall–Kier alpha value is -3.15. The smallest absolute Gasteiger partial charge is 0.318 e. The summed E-state index contributed by atoms with van der Waals surface area (Å²) < 4.78 is 6.02. The summed E-state index contributed by atoms with van der Waals surface area (Å²) >= 11 is 0. The van der Waals surface area contributed by atoms with Crippen molar-refractivity contribution in [3.8, 4) is 0 Å². The molecule has 1 aliphatic heterocycles. The van der Waals surface area contributed by atoms with Crippen molar-refractivity contribution in [1.82, 2.24) is 15.5 Å². The van der Waals surface area contributed by atoms with Gasteiger partial charge in [-0.25, -0.2) is 0 Å². The van der Waals surface area contributed by atoms with E-state index in [1.54, 1.807) is 0 Å². The number of carbonyl (C=O) groups is 1. The molecule has 2 aromatic carbocycles. The van der Waals surface area contributed by atoms with Crippen molar-refractivity contribution in [1.29, 1.82) is 0 Å². The predicted octanol–water partition coefficient (Wildman–Crippen LogP) is 4.20. The van der Waals surface area contributed by atoms with Crippen LogP contribution in [0.2, 0.25) is 0 Å². The van der Waals surface area contributed by atoms with E-state index >= 15 is 0 Å². The molecule has 2 heterocycles. The molecule has 0 bridgehead atoms. The highest BCUT2D eigenvalue weighted by atomic mass is 16.4. The molecule has 1 aliphatic rings. The van der Waals surface area contributed by atoms with Crippen LogP contribution in [-0.4, -0.2) is 29.2 Å². The fourth-order valence-corrected chi connectivity index (χ4v) is 3.68. The van der Waals surface area contributed by atoms with E-state index in [-0.39, 0.29) is 5.91 Å². The van der Waals surface area contributed by atoms with Crippen molar-refractivity contribution in [2.75, 3.05) is 18.0 Å². The molecule has 3 aromatic rings. The minimum absolute atomic E-state index is 0.155. The minimum atomic E-state index is -0.505. The summed E-state index contributed by atoms with van der Waals surface area (Å²) in [6.07, 6.45) is 3.49. The Labute approximate surface area is 170 Å². The molecule has 6 heteroatoms. The molecule has 1 amide bonds. The molecule has 1 N–H and O–H groups in total. The molecule has 0 saturated carbocycles. The molecule has 0 spiro atoms. The molecule has 6 nitrogen and oxygen atoms in total. The number of aryl methyl sites for hydroxylation is 2. The SMILES string of the molecule is Cc1ccc(C)c(C(=O)N[C@@H](c2ccccc2)c2nnc(N3CCCCC3)o2)c1. The van der Waals surface area contributed by atoms with Crippen molar-refractivity contribution in [2.45, 2.75) is 39.2 Å². The molecule has 1 fully saturated rings. The normalized spacial score (nSPS) is 15.2. The zero-order valence-electron chi connectivity index (χ0n) is 16.9. The predicted molar refractivity (Wildman–Crippen MR) is 112 cm³/mol. The van der Waals surface area contributed by atoms with Crippen LogP contribution in [0.15, 0.2) is 52.9 Å². The van der Waals surface area contributed by atoms with E-state index in [1.165, 1.54) is 6.42 Å². The van der Waals surface area contributed by atoms with Gasteiger partial charge in [0.25, 0.3) is 5.91 Å². The van der Waals surface area contributed by atoms with Crippen LogP contribution in [-0.2, 0) is 0 Å². The van der Waals surface area contributed by atoms with E-state index in [0.717, 1.165) is 42.6 Å². The number of aromatic nitrogens is 2. The van der Waals surface area contributed by atoms with E-state index in [2.05, 4.69) is 20.4 Å². The van der Waals surface area contributed by atoms with E-state index < -0.39 is 6.04 Å². The first-order chi connectivity index (χ1) is 14.1. The molecular weight excluding hydrogens is 364 g/mol. The van der Waals surface area contributed by atoms with Crippen molar-refractivity contribution < 1.29 is 9.21 Å². The lowest BCUT2D eigenvalue weighted by molar-refractivity contribution is 0.0937. The number of amides is 1. The van der Waals surface area contributed by atoms with Crippen LogP contribution >= 0.6 is 0 Å². The van der Waals surface area contributed by atoms with Crippen LogP contribution in [0.5, 0.6) is 0 Å². The maximum atomic E-state index is 13.1. The molecule has 0 radical (unpaired) electrons. The lowest BCUT2D eigenvalue weighted by Crippen LogP contribution is -2.30. The van der Waals surface area contributed by atoms with E-state index in [1.807, 2.05) is 62.4 Å². The molecule has 150 valence electrons. The molecule has 29 heavy (non-hydrogen) atoms. The van der Waals surface area contributed by atoms with Gasteiger partial charge >= 0.3 is 6.01 Å². The Bertz CT molecular complexity index is 978. The molecule has 1 aromatic heterocycles. The van der Waals surface area contributed by atoms with Crippen molar-refractivity contribution in [2.24, 2.45) is 0 Å². The van der Waals surface area contributed by atoms with Crippen LogP contribution in [0.3, 0.4) is 0 Å². The largest absolute Gasteiger partial charge is 0.405 e. The maximum absolute atomic E-state index is 13.1. The fraction of sp³-hybridized carbons (Fsp3) is 0.348. The first-order valence-electron chi connectivity index (χ1n) is 10.1. The second kappa shape index (κ2) is 8.47. The number of hydrogen-bond acceptors (Lipinski definition) is 5. The summed E-state index contributed by atoms with van der Waals surface area (Å²) in [7, 11) is 0. The highest BCUT2D eigenvalue weighted by molar-refractivity contribution is 5.96. The van der Waals surface area contributed by atoms with Crippen LogP contribution in [0.25, 0.3) is 0 Å². The number of piperidine rings is 1. The van der Waals surface area contributed by atoms with Crippen LogP contribution in [0, 0.1) is 13.8 Å². The Kier molecular flexibility index (Phi) is 5.60. The van der Waals surface area contributed by atoms with Gasteiger partial charge in [0.15, 0.2) is 0 Å². The first kappa shape index (κ1) is 19.2. The molecule has 4 rings (SSSR count). The van der Waals surface area contributed by atoms with E-state index in [9.17, 15) is 4.79 Å². The molecular formula is C23H26N4O2. The van der Waals surface area contributed by atoms with E-state index in [4.69, 9.17) is 4.42 Å².